The highest BCUT2D eigenvalue weighted by atomic mass is 32.1. The number of nitriles is 1. The Bertz CT molecular complexity index is 1500. The molecular formula is C27H26N4O3S. The number of carbonyl (C=O) groups is 1. The normalized spacial score (nSPS) is 13.2. The summed E-state index contributed by atoms with van der Waals surface area (Å²) in [5.41, 5.74) is 8.04. The lowest BCUT2D eigenvalue weighted by molar-refractivity contribution is 0.0929. The van der Waals surface area contributed by atoms with Crippen LogP contribution in [0.1, 0.15) is 63.3 Å². The maximum Gasteiger partial charge on any atom is 0.307 e. The fourth-order valence-corrected chi connectivity index (χ4v) is 6.11. The van der Waals surface area contributed by atoms with Gasteiger partial charge in [-0.1, -0.05) is 0 Å². The molecule has 5 rings (SSSR count). The van der Waals surface area contributed by atoms with Gasteiger partial charge in [0.15, 0.2) is 5.76 Å². The van der Waals surface area contributed by atoms with Crippen LogP contribution in [0.15, 0.2) is 39.9 Å². The predicted molar refractivity (Wildman–Crippen MR) is 137 cm³/mol. The van der Waals surface area contributed by atoms with Gasteiger partial charge in [0, 0.05) is 27.2 Å². The lowest BCUT2D eigenvalue weighted by atomic mass is 9.96. The average Bonchev–Trinajstić information content (AvgIpc) is 3.51. The van der Waals surface area contributed by atoms with Gasteiger partial charge < -0.3 is 13.7 Å². The molecule has 0 fully saturated rings. The number of fused-ring (bicyclic) bond motifs is 2. The van der Waals surface area contributed by atoms with Crippen LogP contribution in [-0.4, -0.2) is 23.3 Å². The van der Waals surface area contributed by atoms with Gasteiger partial charge >= 0.3 is 5.91 Å². The van der Waals surface area contributed by atoms with E-state index < -0.39 is 5.91 Å². The van der Waals surface area contributed by atoms with Gasteiger partial charge in [0.2, 0.25) is 0 Å². The topological polar surface area (TPSA) is 92.5 Å². The Balaban J connectivity index is 1.36. The van der Waals surface area contributed by atoms with Crippen molar-refractivity contribution in [1.82, 2.24) is 9.99 Å². The second-order valence-corrected chi connectivity index (χ2v) is 9.69. The number of aryl methyl sites for hydroxylation is 2. The van der Waals surface area contributed by atoms with Gasteiger partial charge in [-0.2, -0.15) is 10.4 Å². The number of thiophene rings is 1. The van der Waals surface area contributed by atoms with Crippen molar-refractivity contribution < 1.29 is 13.9 Å². The number of furan rings is 1. The van der Waals surface area contributed by atoms with E-state index in [-0.39, 0.29) is 5.76 Å². The molecule has 3 aromatic heterocycles. The molecule has 0 radical (unpaired) electrons. The van der Waals surface area contributed by atoms with Crippen LogP contribution < -0.4 is 10.2 Å². The molecule has 8 heteroatoms. The number of hydrogen-bond acceptors (Lipinski definition) is 6. The number of ether oxygens (including phenoxy) is 1. The lowest BCUT2D eigenvalue weighted by Crippen LogP contribution is -2.16. The summed E-state index contributed by atoms with van der Waals surface area (Å²) in [4.78, 5) is 13.9. The van der Waals surface area contributed by atoms with Crippen molar-refractivity contribution in [3.63, 3.8) is 0 Å². The van der Waals surface area contributed by atoms with E-state index in [4.69, 9.17) is 9.15 Å². The number of hydrazone groups is 1. The summed E-state index contributed by atoms with van der Waals surface area (Å²) >= 11 is 1.72. The minimum atomic E-state index is -0.429. The molecule has 1 amide bonds. The van der Waals surface area contributed by atoms with Crippen molar-refractivity contribution in [2.75, 3.05) is 6.61 Å². The summed E-state index contributed by atoms with van der Waals surface area (Å²) in [5, 5.41) is 15.8. The van der Waals surface area contributed by atoms with Crippen LogP contribution in [0.2, 0.25) is 0 Å². The number of carbonyl (C=O) groups excluding carboxylic acids is 1. The summed E-state index contributed by atoms with van der Waals surface area (Å²) < 4.78 is 13.3. The molecular weight excluding hydrogens is 460 g/mol. The first-order valence-corrected chi connectivity index (χ1v) is 12.6. The highest BCUT2D eigenvalue weighted by Gasteiger charge is 2.23. The number of aromatic nitrogens is 1. The quantitative estimate of drug-likeness (QED) is 0.275. The second kappa shape index (κ2) is 9.43. The van der Waals surface area contributed by atoms with E-state index in [2.05, 4.69) is 21.2 Å². The number of nitrogens with one attached hydrogen (secondary N) is 1. The number of rotatable bonds is 6. The maximum absolute atomic E-state index is 12.6. The molecule has 0 saturated heterocycles. The van der Waals surface area contributed by atoms with E-state index in [0.29, 0.717) is 12.2 Å². The van der Waals surface area contributed by atoms with Crippen LogP contribution in [-0.2, 0) is 12.8 Å². The molecule has 0 spiro atoms. The van der Waals surface area contributed by atoms with Crippen molar-refractivity contribution in [3.8, 4) is 16.8 Å². The molecule has 1 N–H and O–H groups in total. The molecule has 1 aliphatic carbocycles. The van der Waals surface area contributed by atoms with Crippen molar-refractivity contribution in [2.45, 2.75) is 46.5 Å². The van der Waals surface area contributed by atoms with Crippen LogP contribution in [0.3, 0.4) is 0 Å². The zero-order valence-corrected chi connectivity index (χ0v) is 20.8. The van der Waals surface area contributed by atoms with Crippen molar-refractivity contribution in [3.05, 3.63) is 69.0 Å². The molecule has 35 heavy (non-hydrogen) atoms. The van der Waals surface area contributed by atoms with Crippen LogP contribution in [0.25, 0.3) is 16.0 Å². The smallest absolute Gasteiger partial charge is 0.307 e. The van der Waals surface area contributed by atoms with E-state index in [0.717, 1.165) is 57.9 Å². The first-order valence-electron chi connectivity index (χ1n) is 11.7. The largest absolute Gasteiger partial charge is 0.494 e. The minimum Gasteiger partial charge on any atom is -0.494 e. The number of amides is 1. The third-order valence-corrected chi connectivity index (χ3v) is 7.61. The molecule has 4 aromatic rings. The Morgan fingerprint density at radius 3 is 2.91 bits per heavy atom. The highest BCUT2D eigenvalue weighted by molar-refractivity contribution is 7.15. The Labute approximate surface area is 207 Å². The zero-order valence-electron chi connectivity index (χ0n) is 20.0. The van der Waals surface area contributed by atoms with Crippen molar-refractivity contribution >= 4 is 34.4 Å². The van der Waals surface area contributed by atoms with Crippen molar-refractivity contribution in [2.24, 2.45) is 5.10 Å². The predicted octanol–water partition coefficient (Wildman–Crippen LogP) is 5.81. The standard InChI is InChI=1S/C27H26N4O3S/c1-4-33-20-9-10-23-18(12-20)13-24(34-23)26(32)30-29-15-19-11-16(2)31(17(19)3)27-22(14-28)21-7-5-6-8-25(21)35-27/h9-13,15H,4-8H2,1-3H3,(H,30,32)/b29-15+. The lowest BCUT2D eigenvalue weighted by Gasteiger charge is -2.10. The van der Waals surface area contributed by atoms with Gasteiger partial charge in [0.25, 0.3) is 0 Å². The fourth-order valence-electron chi connectivity index (χ4n) is 4.66. The number of benzene rings is 1. The van der Waals surface area contributed by atoms with Crippen molar-refractivity contribution in [1.29, 1.82) is 5.26 Å². The number of nitrogens with zero attached hydrogens (tertiary/aromatic N) is 3. The molecule has 0 atom stereocenters. The average molecular weight is 487 g/mol. The highest BCUT2D eigenvalue weighted by Crippen LogP contribution is 2.38. The Morgan fingerprint density at radius 1 is 1.29 bits per heavy atom. The molecule has 0 saturated carbocycles. The van der Waals surface area contributed by atoms with Crippen LogP contribution in [0, 0.1) is 25.2 Å². The van der Waals surface area contributed by atoms with E-state index in [1.54, 1.807) is 29.7 Å². The molecule has 0 aliphatic heterocycles. The SMILES string of the molecule is CCOc1ccc2oc(C(=O)N/N=C/c3cc(C)n(-c4sc5c(c4C#N)CCCC5)c3C)cc2c1. The van der Waals surface area contributed by atoms with Crippen LogP contribution >= 0.6 is 11.3 Å². The Morgan fingerprint density at radius 2 is 2.11 bits per heavy atom. The Kier molecular flexibility index (Phi) is 6.18. The van der Waals surface area contributed by atoms with Gasteiger partial charge in [-0.15, -0.1) is 11.3 Å². The summed E-state index contributed by atoms with van der Waals surface area (Å²) in [6, 6.07) is 11.6. The van der Waals surface area contributed by atoms with Gasteiger partial charge in [0.05, 0.1) is 18.4 Å². The first-order chi connectivity index (χ1) is 17.0. The molecule has 3 heterocycles. The second-order valence-electron chi connectivity index (χ2n) is 8.61. The van der Waals surface area contributed by atoms with Gasteiger partial charge in [-0.25, -0.2) is 5.43 Å². The monoisotopic (exact) mass is 486 g/mol. The first kappa shape index (κ1) is 22.9. The molecule has 0 bridgehead atoms. The maximum atomic E-state index is 12.6. The molecule has 1 aliphatic rings. The third-order valence-electron chi connectivity index (χ3n) is 6.33. The van der Waals surface area contributed by atoms with E-state index in [1.165, 1.54) is 16.9 Å². The van der Waals surface area contributed by atoms with E-state index >= 15 is 0 Å². The van der Waals surface area contributed by atoms with Gasteiger partial charge in [-0.3, -0.25) is 4.79 Å². The molecule has 7 nitrogen and oxygen atoms in total. The Hall–Kier alpha value is -3.83. The summed E-state index contributed by atoms with van der Waals surface area (Å²) in [7, 11) is 0. The minimum absolute atomic E-state index is 0.180. The van der Waals surface area contributed by atoms with E-state index in [1.807, 2.05) is 39.0 Å². The summed E-state index contributed by atoms with van der Waals surface area (Å²) in [6.45, 7) is 6.52. The number of hydrogen-bond donors (Lipinski definition) is 1. The molecule has 178 valence electrons. The fraction of sp³-hybridized carbons (Fsp3) is 0.296. The van der Waals surface area contributed by atoms with Gasteiger partial charge in [-0.05, 0) is 82.3 Å². The summed E-state index contributed by atoms with van der Waals surface area (Å²) in [5.74, 6) is 0.480. The van der Waals surface area contributed by atoms with Crippen LogP contribution in [0.4, 0.5) is 0 Å². The van der Waals surface area contributed by atoms with E-state index in [9.17, 15) is 10.1 Å². The van der Waals surface area contributed by atoms with Gasteiger partial charge in [0.1, 0.15) is 22.4 Å². The molecule has 0 unspecified atom stereocenters. The third kappa shape index (κ3) is 4.24. The zero-order chi connectivity index (χ0) is 24.5. The summed E-state index contributed by atoms with van der Waals surface area (Å²) in [6.07, 6.45) is 5.97. The molecule has 1 aromatic carbocycles. The van der Waals surface area contributed by atoms with Crippen LogP contribution in [0.5, 0.6) is 5.75 Å².